The lowest BCUT2D eigenvalue weighted by molar-refractivity contribution is 0.230. The summed E-state index contributed by atoms with van der Waals surface area (Å²) in [5.41, 5.74) is 8.06. The first-order chi connectivity index (χ1) is 6.33. The number of nitrogens with two attached hydrogens (primary N) is 1. The first-order valence-corrected chi connectivity index (χ1v) is 4.52. The van der Waals surface area contributed by atoms with Crippen LogP contribution in [0.15, 0.2) is 12.5 Å². The predicted octanol–water partition coefficient (Wildman–Crippen LogP) is -0.0357. The SMILES string of the molecule is CN1CCc2cncnc2C1CN. The van der Waals surface area contributed by atoms with E-state index in [-0.39, 0.29) is 6.04 Å². The molecule has 4 nitrogen and oxygen atoms in total. The molecule has 0 aliphatic carbocycles. The van der Waals surface area contributed by atoms with E-state index in [9.17, 15) is 0 Å². The number of aromatic nitrogens is 2. The monoisotopic (exact) mass is 178 g/mol. The molecule has 2 heterocycles. The van der Waals surface area contributed by atoms with Crippen molar-refractivity contribution in [2.75, 3.05) is 20.1 Å². The van der Waals surface area contributed by atoms with Crippen LogP contribution in [-0.2, 0) is 6.42 Å². The Morgan fingerprint density at radius 3 is 3.31 bits per heavy atom. The van der Waals surface area contributed by atoms with Crippen LogP contribution in [0.2, 0.25) is 0 Å². The second-order valence-corrected chi connectivity index (χ2v) is 3.42. The van der Waals surface area contributed by atoms with Crippen molar-refractivity contribution >= 4 is 0 Å². The molecule has 0 aromatic carbocycles. The minimum atomic E-state index is 0.270. The quantitative estimate of drug-likeness (QED) is 0.656. The second-order valence-electron chi connectivity index (χ2n) is 3.42. The third kappa shape index (κ3) is 1.43. The Balaban J connectivity index is 2.39. The Hall–Kier alpha value is -1.00. The van der Waals surface area contributed by atoms with Gasteiger partial charge in [0, 0.05) is 19.3 Å². The predicted molar refractivity (Wildman–Crippen MR) is 50.2 cm³/mol. The summed E-state index contributed by atoms with van der Waals surface area (Å²) in [7, 11) is 2.09. The minimum Gasteiger partial charge on any atom is -0.329 e. The summed E-state index contributed by atoms with van der Waals surface area (Å²) in [4.78, 5) is 10.6. The van der Waals surface area contributed by atoms with Crippen LogP contribution >= 0.6 is 0 Å². The standard InChI is InChI=1S/C9H14N4/c1-13-3-2-7-5-11-6-12-9(7)8(13)4-10/h5-6,8H,2-4,10H2,1H3. The molecule has 0 spiro atoms. The normalized spacial score (nSPS) is 22.8. The van der Waals surface area contributed by atoms with Crippen LogP contribution in [0.5, 0.6) is 0 Å². The van der Waals surface area contributed by atoms with Gasteiger partial charge in [-0.15, -0.1) is 0 Å². The van der Waals surface area contributed by atoms with Crippen LogP contribution in [0.4, 0.5) is 0 Å². The summed E-state index contributed by atoms with van der Waals surface area (Å²) in [6.07, 6.45) is 4.53. The molecule has 1 aliphatic rings. The number of likely N-dealkylation sites (N-methyl/N-ethyl adjacent to an activating group) is 1. The average molecular weight is 178 g/mol. The molecule has 0 amide bonds. The molecule has 1 aromatic rings. The van der Waals surface area contributed by atoms with Crippen molar-refractivity contribution < 1.29 is 0 Å². The van der Waals surface area contributed by atoms with E-state index in [0.29, 0.717) is 6.54 Å². The van der Waals surface area contributed by atoms with E-state index in [0.717, 1.165) is 18.7 Å². The van der Waals surface area contributed by atoms with Crippen molar-refractivity contribution in [1.29, 1.82) is 0 Å². The molecule has 1 unspecified atom stereocenters. The Morgan fingerprint density at radius 2 is 2.54 bits per heavy atom. The first-order valence-electron chi connectivity index (χ1n) is 4.52. The minimum absolute atomic E-state index is 0.270. The lowest BCUT2D eigenvalue weighted by Crippen LogP contribution is -2.37. The molecular weight excluding hydrogens is 164 g/mol. The molecule has 2 rings (SSSR count). The molecule has 1 atom stereocenters. The Bertz CT molecular complexity index is 299. The van der Waals surface area contributed by atoms with Crippen LogP contribution < -0.4 is 5.73 Å². The smallest absolute Gasteiger partial charge is 0.115 e. The Morgan fingerprint density at radius 1 is 1.69 bits per heavy atom. The van der Waals surface area contributed by atoms with Crippen LogP contribution in [0, 0.1) is 0 Å². The summed E-state index contributed by atoms with van der Waals surface area (Å²) in [6, 6.07) is 0.270. The fourth-order valence-electron chi connectivity index (χ4n) is 1.81. The zero-order valence-electron chi connectivity index (χ0n) is 7.77. The summed E-state index contributed by atoms with van der Waals surface area (Å²) < 4.78 is 0. The van der Waals surface area contributed by atoms with E-state index in [1.807, 2.05) is 6.20 Å². The van der Waals surface area contributed by atoms with Gasteiger partial charge in [-0.3, -0.25) is 4.90 Å². The van der Waals surface area contributed by atoms with Gasteiger partial charge in [0.05, 0.1) is 11.7 Å². The second kappa shape index (κ2) is 3.40. The lowest BCUT2D eigenvalue weighted by Gasteiger charge is -2.32. The Kier molecular flexibility index (Phi) is 2.24. The first kappa shape index (κ1) is 8.59. The van der Waals surface area contributed by atoms with Gasteiger partial charge in [-0.05, 0) is 19.0 Å². The van der Waals surface area contributed by atoms with E-state index in [4.69, 9.17) is 5.73 Å². The molecular formula is C9H14N4. The lowest BCUT2D eigenvalue weighted by atomic mass is 10.00. The van der Waals surface area contributed by atoms with Crippen molar-refractivity contribution in [2.45, 2.75) is 12.5 Å². The Labute approximate surface area is 77.8 Å². The maximum Gasteiger partial charge on any atom is 0.115 e. The highest BCUT2D eigenvalue weighted by Crippen LogP contribution is 2.24. The highest BCUT2D eigenvalue weighted by atomic mass is 15.2. The zero-order valence-corrected chi connectivity index (χ0v) is 7.77. The highest BCUT2D eigenvalue weighted by molar-refractivity contribution is 5.23. The molecule has 0 fully saturated rings. The third-order valence-corrected chi connectivity index (χ3v) is 2.63. The molecule has 0 bridgehead atoms. The zero-order chi connectivity index (χ0) is 9.26. The fraction of sp³-hybridized carbons (Fsp3) is 0.556. The summed E-state index contributed by atoms with van der Waals surface area (Å²) >= 11 is 0. The fourth-order valence-corrected chi connectivity index (χ4v) is 1.81. The maximum atomic E-state index is 5.71. The van der Waals surface area contributed by atoms with Crippen molar-refractivity contribution in [3.63, 3.8) is 0 Å². The van der Waals surface area contributed by atoms with Crippen LogP contribution in [-0.4, -0.2) is 35.0 Å². The maximum absolute atomic E-state index is 5.71. The number of hydrogen-bond acceptors (Lipinski definition) is 4. The van der Waals surface area contributed by atoms with Gasteiger partial charge in [0.2, 0.25) is 0 Å². The van der Waals surface area contributed by atoms with E-state index in [1.54, 1.807) is 6.33 Å². The van der Waals surface area contributed by atoms with Gasteiger partial charge in [-0.25, -0.2) is 9.97 Å². The summed E-state index contributed by atoms with van der Waals surface area (Å²) in [5, 5.41) is 0. The molecule has 0 saturated heterocycles. The van der Waals surface area contributed by atoms with E-state index >= 15 is 0 Å². The van der Waals surface area contributed by atoms with Gasteiger partial charge in [-0.2, -0.15) is 0 Å². The van der Waals surface area contributed by atoms with Crippen LogP contribution in [0.1, 0.15) is 17.3 Å². The largest absolute Gasteiger partial charge is 0.329 e. The van der Waals surface area contributed by atoms with Gasteiger partial charge in [-0.1, -0.05) is 0 Å². The van der Waals surface area contributed by atoms with Crippen molar-refractivity contribution in [3.05, 3.63) is 23.8 Å². The van der Waals surface area contributed by atoms with Crippen LogP contribution in [0.3, 0.4) is 0 Å². The van der Waals surface area contributed by atoms with E-state index in [1.165, 1.54) is 5.56 Å². The number of hydrogen-bond donors (Lipinski definition) is 1. The molecule has 2 N–H and O–H groups in total. The molecule has 1 aromatic heterocycles. The highest BCUT2D eigenvalue weighted by Gasteiger charge is 2.24. The number of rotatable bonds is 1. The van der Waals surface area contributed by atoms with Crippen molar-refractivity contribution in [1.82, 2.24) is 14.9 Å². The van der Waals surface area contributed by atoms with Crippen molar-refractivity contribution in [3.8, 4) is 0 Å². The van der Waals surface area contributed by atoms with Gasteiger partial charge >= 0.3 is 0 Å². The van der Waals surface area contributed by atoms with Gasteiger partial charge in [0.25, 0.3) is 0 Å². The molecule has 70 valence electrons. The summed E-state index contributed by atoms with van der Waals surface area (Å²) in [5.74, 6) is 0. The molecule has 0 radical (unpaired) electrons. The third-order valence-electron chi connectivity index (χ3n) is 2.63. The van der Waals surface area contributed by atoms with Gasteiger partial charge in [0.1, 0.15) is 6.33 Å². The summed E-state index contributed by atoms with van der Waals surface area (Å²) in [6.45, 7) is 1.67. The van der Waals surface area contributed by atoms with Crippen molar-refractivity contribution in [2.24, 2.45) is 5.73 Å². The van der Waals surface area contributed by atoms with E-state index < -0.39 is 0 Å². The molecule has 1 aliphatic heterocycles. The number of fused-ring (bicyclic) bond motifs is 1. The van der Waals surface area contributed by atoms with Gasteiger partial charge in [0.15, 0.2) is 0 Å². The topological polar surface area (TPSA) is 55.0 Å². The van der Waals surface area contributed by atoms with E-state index in [2.05, 4.69) is 21.9 Å². The van der Waals surface area contributed by atoms with Crippen LogP contribution in [0.25, 0.3) is 0 Å². The number of nitrogens with zero attached hydrogens (tertiary/aromatic N) is 3. The molecule has 4 heteroatoms. The molecule has 13 heavy (non-hydrogen) atoms. The average Bonchev–Trinajstić information content (AvgIpc) is 2.18. The molecule has 0 saturated carbocycles. The van der Waals surface area contributed by atoms with Gasteiger partial charge < -0.3 is 5.73 Å².